The molecular formula is C19H14INO4S2. The van der Waals surface area contributed by atoms with Crippen LogP contribution in [0, 0.1) is 3.57 Å². The van der Waals surface area contributed by atoms with Gasteiger partial charge in [0.05, 0.1) is 17.6 Å². The van der Waals surface area contributed by atoms with Crippen molar-refractivity contribution in [3.05, 3.63) is 62.1 Å². The summed E-state index contributed by atoms with van der Waals surface area (Å²) >= 11 is 8.46. The number of likely N-dealkylation sites (N-methyl/N-ethyl adjacent to an activating group) is 1. The molecule has 27 heavy (non-hydrogen) atoms. The van der Waals surface area contributed by atoms with Crippen LogP contribution in [0.2, 0.25) is 0 Å². The van der Waals surface area contributed by atoms with E-state index in [1.54, 1.807) is 43.5 Å². The predicted octanol–water partition coefficient (Wildman–Crippen LogP) is 4.35. The molecule has 0 saturated carbocycles. The molecule has 1 aliphatic rings. The smallest absolute Gasteiger partial charge is 0.344 e. The van der Waals surface area contributed by atoms with Gasteiger partial charge in [-0.05, 0) is 58.5 Å². The average molecular weight is 511 g/mol. The first kappa shape index (κ1) is 19.8. The number of ether oxygens (including phenoxy) is 2. The van der Waals surface area contributed by atoms with Crippen LogP contribution in [-0.2, 0) is 4.79 Å². The number of hydrogen-bond donors (Lipinski definition) is 0. The Bertz CT molecular complexity index is 974. The topological polar surface area (TPSA) is 55.8 Å². The molecule has 1 aliphatic heterocycles. The molecule has 0 atom stereocenters. The van der Waals surface area contributed by atoms with Crippen LogP contribution in [0.25, 0.3) is 6.08 Å². The second-order valence-corrected chi connectivity index (χ2v) is 8.36. The molecule has 1 fully saturated rings. The molecule has 1 saturated heterocycles. The van der Waals surface area contributed by atoms with Gasteiger partial charge in [-0.15, -0.1) is 0 Å². The number of thioether (sulfide) groups is 1. The molecule has 8 heteroatoms. The van der Waals surface area contributed by atoms with E-state index in [0.29, 0.717) is 26.3 Å². The van der Waals surface area contributed by atoms with E-state index in [2.05, 4.69) is 22.6 Å². The summed E-state index contributed by atoms with van der Waals surface area (Å²) in [6, 6.07) is 12.3. The van der Waals surface area contributed by atoms with Gasteiger partial charge in [-0.3, -0.25) is 9.69 Å². The lowest BCUT2D eigenvalue weighted by molar-refractivity contribution is -0.121. The van der Waals surface area contributed by atoms with E-state index in [9.17, 15) is 9.59 Å². The highest BCUT2D eigenvalue weighted by molar-refractivity contribution is 14.1. The summed E-state index contributed by atoms with van der Waals surface area (Å²) in [5.74, 6) is 0.105. The molecule has 0 radical (unpaired) electrons. The quantitative estimate of drug-likeness (QED) is 0.200. The van der Waals surface area contributed by atoms with Crippen LogP contribution in [0.15, 0.2) is 47.4 Å². The number of halogens is 1. The Morgan fingerprint density at radius 2 is 1.96 bits per heavy atom. The number of nitrogens with zero attached hydrogens (tertiary/aromatic N) is 1. The Kier molecular flexibility index (Phi) is 6.18. The standard InChI is InChI=1S/C19H14INO4S2/c1-21-17(22)16(27-19(21)26)10-11-7-8-14(15(9-11)24-2)25-18(23)12-5-3-4-6-13(12)20/h3-10H,1-2H3/b16-10-. The lowest BCUT2D eigenvalue weighted by Crippen LogP contribution is -2.22. The molecule has 0 spiro atoms. The van der Waals surface area contributed by atoms with E-state index in [-0.39, 0.29) is 5.91 Å². The zero-order valence-electron chi connectivity index (χ0n) is 14.4. The molecule has 2 aromatic carbocycles. The first-order valence-corrected chi connectivity index (χ1v) is 10.1. The van der Waals surface area contributed by atoms with Gasteiger partial charge in [0.1, 0.15) is 4.32 Å². The normalized spacial score (nSPS) is 15.4. The van der Waals surface area contributed by atoms with Crippen molar-refractivity contribution in [1.29, 1.82) is 0 Å². The van der Waals surface area contributed by atoms with Gasteiger partial charge in [0, 0.05) is 10.6 Å². The van der Waals surface area contributed by atoms with Crippen LogP contribution in [0.5, 0.6) is 11.5 Å². The fourth-order valence-electron chi connectivity index (χ4n) is 2.34. The van der Waals surface area contributed by atoms with Crippen molar-refractivity contribution in [2.24, 2.45) is 0 Å². The zero-order valence-corrected chi connectivity index (χ0v) is 18.2. The SMILES string of the molecule is COc1cc(/C=C2\SC(=S)N(C)C2=O)ccc1OC(=O)c1ccccc1I. The summed E-state index contributed by atoms with van der Waals surface area (Å²) in [5, 5.41) is 0. The molecule has 0 bridgehead atoms. The van der Waals surface area contributed by atoms with Crippen molar-refractivity contribution in [3.8, 4) is 11.5 Å². The highest BCUT2D eigenvalue weighted by atomic mass is 127. The minimum absolute atomic E-state index is 0.141. The molecule has 5 nitrogen and oxygen atoms in total. The Morgan fingerprint density at radius 1 is 1.22 bits per heavy atom. The summed E-state index contributed by atoms with van der Waals surface area (Å²) in [6.07, 6.45) is 1.73. The van der Waals surface area contributed by atoms with Crippen molar-refractivity contribution < 1.29 is 19.1 Å². The number of carbonyl (C=O) groups is 2. The number of hydrogen-bond acceptors (Lipinski definition) is 6. The van der Waals surface area contributed by atoms with E-state index >= 15 is 0 Å². The largest absolute Gasteiger partial charge is 0.493 e. The minimum atomic E-state index is -0.460. The Hall–Kier alpha value is -1.91. The first-order chi connectivity index (χ1) is 12.9. The summed E-state index contributed by atoms with van der Waals surface area (Å²) in [5.41, 5.74) is 1.23. The maximum atomic E-state index is 12.4. The van der Waals surface area contributed by atoms with Crippen LogP contribution in [0.1, 0.15) is 15.9 Å². The van der Waals surface area contributed by atoms with E-state index in [4.69, 9.17) is 21.7 Å². The third kappa shape index (κ3) is 4.33. The first-order valence-electron chi connectivity index (χ1n) is 7.77. The van der Waals surface area contributed by atoms with Crippen molar-refractivity contribution in [2.45, 2.75) is 0 Å². The second-order valence-electron chi connectivity index (χ2n) is 5.52. The van der Waals surface area contributed by atoms with Gasteiger partial charge in [-0.25, -0.2) is 4.79 Å². The van der Waals surface area contributed by atoms with Crippen molar-refractivity contribution in [1.82, 2.24) is 4.90 Å². The van der Waals surface area contributed by atoms with Crippen LogP contribution in [0.3, 0.4) is 0 Å². The van der Waals surface area contributed by atoms with Gasteiger partial charge in [0.15, 0.2) is 11.5 Å². The van der Waals surface area contributed by atoms with E-state index in [1.807, 2.05) is 12.1 Å². The molecule has 1 heterocycles. The van der Waals surface area contributed by atoms with E-state index in [1.165, 1.54) is 23.8 Å². The lowest BCUT2D eigenvalue weighted by Gasteiger charge is -2.11. The molecule has 138 valence electrons. The van der Waals surface area contributed by atoms with Gasteiger partial charge in [0.2, 0.25) is 0 Å². The molecular weight excluding hydrogens is 497 g/mol. The maximum Gasteiger partial charge on any atom is 0.344 e. The third-order valence-electron chi connectivity index (χ3n) is 3.77. The highest BCUT2D eigenvalue weighted by Gasteiger charge is 2.28. The van der Waals surface area contributed by atoms with Gasteiger partial charge < -0.3 is 9.47 Å². The molecule has 0 N–H and O–H groups in total. The van der Waals surface area contributed by atoms with E-state index in [0.717, 1.165) is 9.13 Å². The maximum absolute atomic E-state index is 12.4. The molecule has 0 aromatic heterocycles. The van der Waals surface area contributed by atoms with Crippen molar-refractivity contribution in [3.63, 3.8) is 0 Å². The molecule has 0 unspecified atom stereocenters. The van der Waals surface area contributed by atoms with Gasteiger partial charge in [0.25, 0.3) is 5.91 Å². The summed E-state index contributed by atoms with van der Waals surface area (Å²) < 4.78 is 12.2. The van der Waals surface area contributed by atoms with Crippen LogP contribution >= 0.6 is 46.6 Å². The number of methoxy groups -OCH3 is 1. The van der Waals surface area contributed by atoms with Crippen molar-refractivity contribution >= 4 is 68.8 Å². The summed E-state index contributed by atoms with van der Waals surface area (Å²) in [7, 11) is 3.14. The molecule has 1 amide bonds. The Morgan fingerprint density at radius 3 is 2.59 bits per heavy atom. The highest BCUT2D eigenvalue weighted by Crippen LogP contribution is 2.34. The zero-order chi connectivity index (χ0) is 19.6. The molecule has 2 aromatic rings. The number of carbonyl (C=O) groups excluding carboxylic acids is 2. The van der Waals surface area contributed by atoms with Crippen molar-refractivity contribution in [2.75, 3.05) is 14.2 Å². The fraction of sp³-hybridized carbons (Fsp3) is 0.105. The van der Waals surface area contributed by atoms with Gasteiger partial charge in [-0.2, -0.15) is 0 Å². The number of esters is 1. The minimum Gasteiger partial charge on any atom is -0.493 e. The second kappa shape index (κ2) is 8.41. The van der Waals surface area contributed by atoms with Gasteiger partial charge >= 0.3 is 5.97 Å². The van der Waals surface area contributed by atoms with E-state index < -0.39 is 5.97 Å². The number of thiocarbonyl (C=S) groups is 1. The summed E-state index contributed by atoms with van der Waals surface area (Å²) in [6.45, 7) is 0. The van der Waals surface area contributed by atoms with Crippen LogP contribution < -0.4 is 9.47 Å². The Balaban J connectivity index is 1.85. The Labute approximate surface area is 179 Å². The molecule has 0 aliphatic carbocycles. The lowest BCUT2D eigenvalue weighted by atomic mass is 10.1. The van der Waals surface area contributed by atoms with Crippen LogP contribution in [0.4, 0.5) is 0 Å². The summed E-state index contributed by atoms with van der Waals surface area (Å²) in [4.78, 5) is 26.5. The van der Waals surface area contributed by atoms with Crippen LogP contribution in [-0.4, -0.2) is 35.3 Å². The average Bonchev–Trinajstić information content (AvgIpc) is 2.90. The third-order valence-corrected chi connectivity index (χ3v) is 6.19. The van der Waals surface area contributed by atoms with Gasteiger partial charge in [-0.1, -0.05) is 42.2 Å². The molecule has 3 rings (SSSR count). The fourth-order valence-corrected chi connectivity index (χ4v) is 4.12. The predicted molar refractivity (Wildman–Crippen MR) is 118 cm³/mol. The number of benzene rings is 2. The number of amides is 1. The monoisotopic (exact) mass is 511 g/mol. The number of rotatable bonds is 4.